The number of nitrogens with zero attached hydrogens (tertiary/aromatic N) is 4. The highest BCUT2D eigenvalue weighted by Gasteiger charge is 2.32. The topological polar surface area (TPSA) is 84.6 Å². The van der Waals surface area contributed by atoms with Crippen molar-refractivity contribution < 1.29 is 9.53 Å². The van der Waals surface area contributed by atoms with Crippen LogP contribution in [0.25, 0.3) is 11.0 Å². The van der Waals surface area contributed by atoms with Crippen molar-refractivity contribution in [1.29, 1.82) is 0 Å². The third-order valence-corrected chi connectivity index (χ3v) is 6.14. The van der Waals surface area contributed by atoms with Crippen LogP contribution in [-0.4, -0.2) is 71.1 Å². The summed E-state index contributed by atoms with van der Waals surface area (Å²) >= 11 is 0. The van der Waals surface area contributed by atoms with Crippen LogP contribution >= 0.6 is 24.8 Å². The van der Waals surface area contributed by atoms with Gasteiger partial charge in [0.2, 0.25) is 5.91 Å². The zero-order valence-electron chi connectivity index (χ0n) is 18.0. The molecule has 2 saturated heterocycles. The third kappa shape index (κ3) is 6.49. The number of ether oxygens (including phenoxy) is 1. The summed E-state index contributed by atoms with van der Waals surface area (Å²) in [5, 5.41) is 0. The molecule has 2 aromatic rings. The molecular formula is C22H33Cl2N5O2. The second-order valence-corrected chi connectivity index (χ2v) is 8.38. The maximum atomic E-state index is 13.2. The average Bonchev–Trinajstić information content (AvgIpc) is 2.95. The van der Waals surface area contributed by atoms with Gasteiger partial charge in [0.05, 0.1) is 35.4 Å². The second kappa shape index (κ2) is 11.9. The fraction of sp³-hybridized carbons (Fsp3) is 0.591. The summed E-state index contributed by atoms with van der Waals surface area (Å²) in [6.45, 7) is 3.72. The first-order valence-electron chi connectivity index (χ1n) is 10.6. The van der Waals surface area contributed by atoms with E-state index >= 15 is 0 Å². The molecule has 0 bridgehead atoms. The van der Waals surface area contributed by atoms with Crippen molar-refractivity contribution in [3.05, 3.63) is 36.2 Å². The molecule has 1 aromatic heterocycles. The number of benzene rings is 1. The molecule has 0 unspecified atom stereocenters. The van der Waals surface area contributed by atoms with E-state index < -0.39 is 0 Å². The zero-order chi connectivity index (χ0) is 20.2. The molecule has 0 radical (unpaired) electrons. The van der Waals surface area contributed by atoms with Crippen molar-refractivity contribution in [2.45, 2.75) is 44.3 Å². The lowest BCUT2D eigenvalue weighted by Gasteiger charge is -2.36. The van der Waals surface area contributed by atoms with Gasteiger partial charge in [0.25, 0.3) is 0 Å². The predicted octanol–water partition coefficient (Wildman–Crippen LogP) is 2.65. The highest BCUT2D eigenvalue weighted by Crippen LogP contribution is 2.24. The first kappa shape index (κ1) is 25.7. The maximum absolute atomic E-state index is 13.2. The van der Waals surface area contributed by atoms with Crippen LogP contribution < -0.4 is 5.73 Å². The van der Waals surface area contributed by atoms with Gasteiger partial charge in [-0.25, -0.2) is 4.98 Å². The van der Waals surface area contributed by atoms with E-state index in [1.807, 2.05) is 31.3 Å². The van der Waals surface area contributed by atoms with Gasteiger partial charge < -0.3 is 15.4 Å². The van der Waals surface area contributed by atoms with Crippen molar-refractivity contribution in [2.24, 2.45) is 11.7 Å². The Balaban J connectivity index is 0.00000171. The summed E-state index contributed by atoms with van der Waals surface area (Å²) in [6, 6.07) is 8.40. The maximum Gasteiger partial charge on any atom is 0.227 e. The monoisotopic (exact) mass is 469 g/mol. The van der Waals surface area contributed by atoms with E-state index in [0.717, 1.165) is 68.7 Å². The van der Waals surface area contributed by atoms with Crippen LogP contribution in [0.4, 0.5) is 0 Å². The Bertz CT molecular complexity index is 850. The molecule has 0 spiro atoms. The lowest BCUT2D eigenvalue weighted by molar-refractivity contribution is -0.135. The number of carbonyl (C=O) groups is 1. The Hall–Kier alpha value is -1.51. The molecular weight excluding hydrogens is 437 g/mol. The normalized spacial score (nSPS) is 22.8. The molecule has 2 fully saturated rings. The van der Waals surface area contributed by atoms with Crippen LogP contribution in [0.5, 0.6) is 0 Å². The Labute approximate surface area is 196 Å². The molecule has 0 saturated carbocycles. The number of likely N-dealkylation sites (tertiary alicyclic amines) is 1. The molecule has 0 aliphatic carbocycles. The third-order valence-electron chi connectivity index (χ3n) is 6.14. The summed E-state index contributed by atoms with van der Waals surface area (Å²) in [7, 11) is 1.86. The van der Waals surface area contributed by atoms with E-state index in [1.54, 1.807) is 11.1 Å². The van der Waals surface area contributed by atoms with Crippen LogP contribution in [0.3, 0.4) is 0 Å². The number of fused-ring (bicyclic) bond motifs is 1. The van der Waals surface area contributed by atoms with Crippen LogP contribution in [0.15, 0.2) is 30.5 Å². The summed E-state index contributed by atoms with van der Waals surface area (Å²) in [4.78, 5) is 26.6. The zero-order valence-corrected chi connectivity index (χ0v) is 19.6. The van der Waals surface area contributed by atoms with Crippen LogP contribution in [0.1, 0.15) is 31.4 Å². The van der Waals surface area contributed by atoms with E-state index in [-0.39, 0.29) is 42.7 Å². The number of aromatic nitrogens is 2. The minimum absolute atomic E-state index is 0. The van der Waals surface area contributed by atoms with Gasteiger partial charge in [-0.15, -0.1) is 24.8 Å². The summed E-state index contributed by atoms with van der Waals surface area (Å²) in [5.41, 5.74) is 8.87. The van der Waals surface area contributed by atoms with Crippen molar-refractivity contribution in [1.82, 2.24) is 19.8 Å². The van der Waals surface area contributed by atoms with Gasteiger partial charge in [-0.3, -0.25) is 14.7 Å². The smallest absolute Gasteiger partial charge is 0.227 e. The van der Waals surface area contributed by atoms with Crippen LogP contribution in [0.2, 0.25) is 0 Å². The number of hydrogen-bond acceptors (Lipinski definition) is 6. The Morgan fingerprint density at radius 3 is 2.58 bits per heavy atom. The quantitative estimate of drug-likeness (QED) is 0.740. The predicted molar refractivity (Wildman–Crippen MR) is 127 cm³/mol. The second-order valence-electron chi connectivity index (χ2n) is 8.38. The number of para-hydroxylation sites is 2. The van der Waals surface area contributed by atoms with Crippen LogP contribution in [0, 0.1) is 5.92 Å². The van der Waals surface area contributed by atoms with Gasteiger partial charge in [0.15, 0.2) is 0 Å². The van der Waals surface area contributed by atoms with Crippen molar-refractivity contribution in [2.75, 3.05) is 33.4 Å². The number of hydrogen-bond donors (Lipinski definition) is 1. The van der Waals surface area contributed by atoms with E-state index in [2.05, 4.69) is 14.9 Å². The standard InChI is InChI=1S/C22H31N5O2.2ClH/c1-26(15-18-12-24-20-4-2-3-5-21(20)25-18)22(28)16-6-7-17(23)14-27(13-16)19-8-10-29-11-9-19;;/h2-5,12,16-17,19H,6-11,13-15,23H2,1H3;2*1H/t16-,17+;;/m1../s1. The lowest BCUT2D eigenvalue weighted by Crippen LogP contribution is -2.47. The van der Waals surface area contributed by atoms with Crippen LogP contribution in [-0.2, 0) is 16.1 Å². The number of amides is 1. The Kier molecular flexibility index (Phi) is 9.90. The fourth-order valence-corrected chi connectivity index (χ4v) is 4.51. The van der Waals surface area contributed by atoms with E-state index in [1.165, 1.54) is 0 Å². The molecule has 2 aliphatic rings. The van der Waals surface area contributed by atoms with Crippen molar-refractivity contribution in [3.63, 3.8) is 0 Å². The van der Waals surface area contributed by atoms with Gasteiger partial charge in [-0.2, -0.15) is 0 Å². The lowest BCUT2D eigenvalue weighted by atomic mass is 10.00. The minimum atomic E-state index is -0.0233. The molecule has 1 aromatic carbocycles. The summed E-state index contributed by atoms with van der Waals surface area (Å²) in [5.74, 6) is 0.149. The highest BCUT2D eigenvalue weighted by molar-refractivity contribution is 5.85. The summed E-state index contributed by atoms with van der Waals surface area (Å²) < 4.78 is 5.51. The van der Waals surface area contributed by atoms with Crippen molar-refractivity contribution >= 4 is 41.8 Å². The number of nitrogens with two attached hydrogens (primary N) is 1. The number of rotatable bonds is 4. The van der Waals surface area contributed by atoms with E-state index in [9.17, 15) is 4.79 Å². The van der Waals surface area contributed by atoms with Gasteiger partial charge in [0, 0.05) is 45.4 Å². The van der Waals surface area contributed by atoms with E-state index in [0.29, 0.717) is 12.6 Å². The molecule has 2 atom stereocenters. The first-order valence-corrected chi connectivity index (χ1v) is 10.6. The molecule has 172 valence electrons. The molecule has 2 aliphatic heterocycles. The first-order chi connectivity index (χ1) is 14.1. The van der Waals surface area contributed by atoms with Gasteiger partial charge in [0.1, 0.15) is 0 Å². The SMILES string of the molecule is CN(Cc1cnc2ccccc2n1)C(=O)[C@@H]1CC[C@H](N)CN(C2CCOCC2)C1.Cl.Cl. The largest absolute Gasteiger partial charge is 0.381 e. The fourth-order valence-electron chi connectivity index (χ4n) is 4.51. The molecule has 7 nitrogen and oxygen atoms in total. The molecule has 2 N–H and O–H groups in total. The Morgan fingerprint density at radius 1 is 1.13 bits per heavy atom. The number of carbonyl (C=O) groups excluding carboxylic acids is 1. The molecule has 1 amide bonds. The van der Waals surface area contributed by atoms with Crippen molar-refractivity contribution in [3.8, 4) is 0 Å². The minimum Gasteiger partial charge on any atom is -0.381 e. The number of halogens is 2. The molecule has 3 heterocycles. The molecule has 4 rings (SSSR count). The van der Waals surface area contributed by atoms with Gasteiger partial charge in [-0.1, -0.05) is 12.1 Å². The van der Waals surface area contributed by atoms with Gasteiger partial charge in [-0.05, 0) is 37.8 Å². The average molecular weight is 470 g/mol. The highest BCUT2D eigenvalue weighted by atomic mass is 35.5. The van der Waals surface area contributed by atoms with Gasteiger partial charge >= 0.3 is 0 Å². The van der Waals surface area contributed by atoms with E-state index in [4.69, 9.17) is 10.5 Å². The summed E-state index contributed by atoms with van der Waals surface area (Å²) in [6.07, 6.45) is 5.54. The Morgan fingerprint density at radius 2 is 1.84 bits per heavy atom. The molecule has 31 heavy (non-hydrogen) atoms. The molecule has 9 heteroatoms.